The van der Waals surface area contributed by atoms with E-state index < -0.39 is 173 Å². The standard InChI is InChI=1S/C69H117N15O24/c1-42-57(91)59(93)51(38-85)105-66(42)101-25-15-5-10-21-81-31-46(29-70-81)30-80(34-49-37-84(78-75-49)24-13-8-18-28-104-69-56(72-45(4)90)64(98)62(96)54(41-88)108-69)50(65(99)100)19-9-14-20-79(32-47-35-82(76-73-47)22-11-6-16-26-102-67-43(2)58(92)60(94)52(39-86)106-67)33-48-36-83(77-74-48)23-12-7-17-27-103-68-55(71-44(3)89)63(97)61(95)53(40-87)107-68/h29,31,35-37,42-43,50-64,66-69,85-88,91-98H,5-28,30,32-34,38-41H2,1-4H3,(H,71,89)(H,72,90)(H,99,100)/t42-,43-,50?,51-,52-,53-,54-,55-,56-,57-,58-,59+,60+,61+,62+,63-,64-,66-,67-,68-,69-/m1/s1. The fraction of sp³-hybridized carbons (Fsp3) is 0.826. The highest BCUT2D eigenvalue weighted by Gasteiger charge is 2.48. The lowest BCUT2D eigenvalue weighted by molar-refractivity contribution is -0.282. The number of nitrogens with one attached hydrogen (secondary N) is 2. The fourth-order valence-electron chi connectivity index (χ4n) is 13.8. The van der Waals surface area contributed by atoms with E-state index in [1.165, 1.54) is 13.8 Å². The molecule has 8 heterocycles. The number of carboxylic acids is 1. The van der Waals surface area contributed by atoms with Crippen molar-refractivity contribution < 1.29 is 119 Å². The average molecular weight is 1540 g/mol. The van der Waals surface area contributed by atoms with Crippen LogP contribution in [0.2, 0.25) is 0 Å². The first-order valence-electron chi connectivity index (χ1n) is 37.9. The summed E-state index contributed by atoms with van der Waals surface area (Å²) in [7, 11) is 0. The molecule has 0 bridgehead atoms. The minimum absolute atomic E-state index is 0.134. The number of amides is 2. The molecule has 0 spiro atoms. The number of carbonyl (C=O) groups is 3. The molecule has 15 N–H and O–H groups in total. The largest absolute Gasteiger partial charge is 0.480 e. The average Bonchev–Trinajstić information content (AvgIpc) is 1.08. The van der Waals surface area contributed by atoms with E-state index in [1.54, 1.807) is 40.3 Å². The zero-order chi connectivity index (χ0) is 77.8. The number of ether oxygens (including phenoxy) is 8. The molecule has 0 aliphatic carbocycles. The minimum Gasteiger partial charge on any atom is -0.480 e. The molecule has 1 unspecified atom stereocenters. The van der Waals surface area contributed by atoms with Crippen LogP contribution in [0.1, 0.15) is 147 Å². The van der Waals surface area contributed by atoms with Crippen LogP contribution in [0.5, 0.6) is 0 Å². The first kappa shape index (κ1) is 87.7. The van der Waals surface area contributed by atoms with Crippen LogP contribution in [0.15, 0.2) is 31.0 Å². The number of rotatable bonds is 49. The Morgan fingerprint density at radius 1 is 0.454 bits per heavy atom. The van der Waals surface area contributed by atoms with Crippen LogP contribution in [0.3, 0.4) is 0 Å². The van der Waals surface area contributed by atoms with Gasteiger partial charge >= 0.3 is 5.97 Å². The highest BCUT2D eigenvalue weighted by atomic mass is 16.7. The molecular formula is C69H117N15O24. The molecular weight excluding hydrogens is 1420 g/mol. The number of carbonyl (C=O) groups excluding carboxylic acids is 2. The Morgan fingerprint density at radius 2 is 0.815 bits per heavy atom. The molecule has 0 aromatic carbocycles. The van der Waals surface area contributed by atoms with E-state index in [2.05, 4.69) is 51.6 Å². The summed E-state index contributed by atoms with van der Waals surface area (Å²) in [5.74, 6) is -2.93. The number of aliphatic carboxylic acids is 1. The molecule has 4 aromatic rings. The van der Waals surface area contributed by atoms with Gasteiger partial charge in [0.05, 0.1) is 61.9 Å². The molecule has 4 aromatic heterocycles. The highest BCUT2D eigenvalue weighted by Crippen LogP contribution is 2.30. The van der Waals surface area contributed by atoms with Crippen LogP contribution in [0, 0.1) is 11.8 Å². The topological polar surface area (TPSA) is 529 Å². The lowest BCUT2D eigenvalue weighted by Gasteiger charge is -2.42. The maximum absolute atomic E-state index is 13.6. The van der Waals surface area contributed by atoms with Gasteiger partial charge in [0, 0.05) is 135 Å². The summed E-state index contributed by atoms with van der Waals surface area (Å²) < 4.78 is 53.4. The number of carboxylic acid groups (broad SMARTS) is 1. The molecule has 8 rings (SSSR count). The molecule has 108 heavy (non-hydrogen) atoms. The normalized spacial score (nSPS) is 29.3. The minimum atomic E-state index is -1.43. The van der Waals surface area contributed by atoms with Gasteiger partial charge in [0.2, 0.25) is 11.8 Å². The van der Waals surface area contributed by atoms with E-state index in [0.717, 1.165) is 31.2 Å². The first-order valence-corrected chi connectivity index (χ1v) is 37.9. The van der Waals surface area contributed by atoms with E-state index in [4.69, 9.17) is 37.9 Å². The molecule has 4 aliphatic heterocycles. The van der Waals surface area contributed by atoms with Crippen molar-refractivity contribution >= 4 is 17.8 Å². The molecule has 0 saturated carbocycles. The Balaban J connectivity index is 0.880. The van der Waals surface area contributed by atoms with E-state index in [1.807, 2.05) is 28.2 Å². The van der Waals surface area contributed by atoms with Gasteiger partial charge in [-0.25, -0.2) is 0 Å². The number of aromatic nitrogens is 11. The van der Waals surface area contributed by atoms with Crippen LogP contribution in [-0.4, -0.2) is 325 Å². The third-order valence-corrected chi connectivity index (χ3v) is 20.0. The van der Waals surface area contributed by atoms with Crippen molar-refractivity contribution in [2.45, 2.75) is 293 Å². The van der Waals surface area contributed by atoms with Crippen molar-refractivity contribution in [2.24, 2.45) is 11.8 Å². The molecule has 4 saturated heterocycles. The predicted molar refractivity (Wildman–Crippen MR) is 375 cm³/mol. The smallest absolute Gasteiger partial charge is 0.320 e. The van der Waals surface area contributed by atoms with Crippen molar-refractivity contribution in [1.82, 2.24) is 75.2 Å². The SMILES string of the molecule is CC(=O)N[C@H]1[C@H](OCCCCCn2cc(CN(CCCCC(C(=O)O)N(Cc3cnn(CCCCCO[C@@H]4O[C@H](CO)[C@H](O)[C@H](O)[C@H]4C)c3)Cc3cn(CCCCCO[C@@H]4O[C@H](CO)[C@H](O)[C@H](O)[C@H]4NC(C)=O)nn3)Cc3cn(CCCCCO[C@@H]4O[C@H](CO)[C@H](O)[C@H](O)[C@H]4C)nn3)nn2)O[C@H](CO)[C@H](O)[C@@H]1O. The van der Waals surface area contributed by atoms with Crippen LogP contribution >= 0.6 is 0 Å². The number of nitrogens with zero attached hydrogens (tertiary/aromatic N) is 13. The summed E-state index contributed by atoms with van der Waals surface area (Å²) in [6, 6.07) is -3.07. The van der Waals surface area contributed by atoms with Crippen molar-refractivity contribution in [2.75, 3.05) is 59.4 Å². The second kappa shape index (κ2) is 45.0. The number of aliphatic hydroxyl groups is 12. The van der Waals surface area contributed by atoms with Crippen molar-refractivity contribution in [3.05, 3.63) is 53.6 Å². The molecule has 4 fully saturated rings. The van der Waals surface area contributed by atoms with E-state index in [-0.39, 0.29) is 32.7 Å². The number of hydrogen-bond acceptors (Lipinski definition) is 32. The van der Waals surface area contributed by atoms with Crippen LogP contribution in [-0.2, 0) is 105 Å². The van der Waals surface area contributed by atoms with Gasteiger partial charge in [-0.3, -0.25) is 42.9 Å². The van der Waals surface area contributed by atoms with Gasteiger partial charge in [-0.05, 0) is 96.4 Å². The second-order valence-electron chi connectivity index (χ2n) is 28.7. The van der Waals surface area contributed by atoms with E-state index >= 15 is 0 Å². The summed E-state index contributed by atoms with van der Waals surface area (Å²) in [6.07, 6.45) is 0.558. The Bertz CT molecular complexity index is 3230. The molecule has 4 aliphatic rings. The van der Waals surface area contributed by atoms with Gasteiger partial charge in [0.1, 0.15) is 79.2 Å². The third kappa shape index (κ3) is 26.4. The number of aliphatic hydroxyl groups excluding tert-OH is 12. The zero-order valence-corrected chi connectivity index (χ0v) is 62.3. The lowest BCUT2D eigenvalue weighted by atomic mass is 9.92. The Hall–Kier alpha value is -5.84. The summed E-state index contributed by atoms with van der Waals surface area (Å²) in [5, 5.41) is 170. The summed E-state index contributed by atoms with van der Waals surface area (Å²) >= 11 is 0. The Kier molecular flexibility index (Phi) is 36.6. The summed E-state index contributed by atoms with van der Waals surface area (Å²) in [4.78, 5) is 41.4. The molecule has 0 radical (unpaired) electrons. The number of unbranched alkanes of at least 4 members (excludes halogenated alkanes) is 9. The third-order valence-electron chi connectivity index (χ3n) is 20.0. The highest BCUT2D eigenvalue weighted by molar-refractivity contribution is 5.74. The maximum Gasteiger partial charge on any atom is 0.320 e. The van der Waals surface area contributed by atoms with Crippen molar-refractivity contribution in [1.29, 1.82) is 0 Å². The first-order chi connectivity index (χ1) is 52.0. The van der Waals surface area contributed by atoms with Crippen LogP contribution < -0.4 is 10.6 Å². The Labute approximate surface area is 627 Å². The predicted octanol–water partition coefficient (Wildman–Crippen LogP) is -3.23. The quantitative estimate of drug-likeness (QED) is 0.0193. The number of hydrogen-bond donors (Lipinski definition) is 15. The Morgan fingerprint density at radius 3 is 1.19 bits per heavy atom. The van der Waals surface area contributed by atoms with Crippen LogP contribution in [0.25, 0.3) is 0 Å². The van der Waals surface area contributed by atoms with Gasteiger partial charge < -0.3 is 115 Å². The molecule has 612 valence electrons. The van der Waals surface area contributed by atoms with Crippen LogP contribution in [0.4, 0.5) is 0 Å². The molecule has 39 nitrogen and oxygen atoms in total. The monoisotopic (exact) mass is 1540 g/mol. The van der Waals surface area contributed by atoms with E-state index in [0.29, 0.717) is 140 Å². The van der Waals surface area contributed by atoms with E-state index in [9.17, 15) is 80.8 Å². The fourth-order valence-corrected chi connectivity index (χ4v) is 13.8. The van der Waals surface area contributed by atoms with Crippen molar-refractivity contribution in [3.63, 3.8) is 0 Å². The second-order valence-corrected chi connectivity index (χ2v) is 28.7. The summed E-state index contributed by atoms with van der Waals surface area (Å²) in [6.45, 7) is 8.75. The van der Waals surface area contributed by atoms with Gasteiger partial charge in [0.25, 0.3) is 0 Å². The van der Waals surface area contributed by atoms with Gasteiger partial charge in [-0.15, -0.1) is 15.3 Å². The lowest BCUT2D eigenvalue weighted by Crippen LogP contribution is -2.64. The molecule has 21 atom stereocenters. The maximum atomic E-state index is 13.6. The summed E-state index contributed by atoms with van der Waals surface area (Å²) in [5.41, 5.74) is 2.71. The van der Waals surface area contributed by atoms with Gasteiger partial charge in [-0.2, -0.15) is 5.10 Å². The van der Waals surface area contributed by atoms with Gasteiger partial charge in [0.15, 0.2) is 25.2 Å². The van der Waals surface area contributed by atoms with Crippen molar-refractivity contribution in [3.8, 4) is 0 Å². The number of aryl methyl sites for hydroxylation is 4. The molecule has 39 heteroatoms. The zero-order valence-electron chi connectivity index (χ0n) is 62.3. The molecule has 2 amide bonds. The van der Waals surface area contributed by atoms with Gasteiger partial charge in [-0.1, -0.05) is 35.9 Å².